The summed E-state index contributed by atoms with van der Waals surface area (Å²) in [6, 6.07) is 19.6. The highest BCUT2D eigenvalue weighted by Crippen LogP contribution is 2.24. The van der Waals surface area contributed by atoms with Crippen molar-refractivity contribution >= 4 is 23.6 Å². The van der Waals surface area contributed by atoms with Gasteiger partial charge in [-0.3, -0.25) is 4.79 Å². The molecule has 0 saturated heterocycles. The third-order valence-electron chi connectivity index (χ3n) is 4.95. The van der Waals surface area contributed by atoms with E-state index < -0.39 is 11.9 Å². The molecule has 172 valence electrons. The summed E-state index contributed by atoms with van der Waals surface area (Å²) in [5.74, 6) is -0.793. The minimum absolute atomic E-state index is 0.111. The summed E-state index contributed by atoms with van der Waals surface area (Å²) in [5.41, 5.74) is 2.82. The maximum atomic E-state index is 13.6. The van der Waals surface area contributed by atoms with E-state index in [0.717, 1.165) is 11.1 Å². The molecule has 0 aliphatic carbocycles. The number of hydrogen-bond acceptors (Lipinski definition) is 5. The van der Waals surface area contributed by atoms with Gasteiger partial charge in [-0.2, -0.15) is 5.26 Å². The van der Waals surface area contributed by atoms with Crippen LogP contribution in [0.25, 0.3) is 6.08 Å². The minimum atomic E-state index is -0.598. The van der Waals surface area contributed by atoms with Crippen LogP contribution in [-0.2, 0) is 16.0 Å². The van der Waals surface area contributed by atoms with E-state index in [1.54, 1.807) is 49.4 Å². The monoisotopic (exact) mass is 458 g/mol. The van der Waals surface area contributed by atoms with Gasteiger partial charge < -0.3 is 14.8 Å². The molecule has 7 heteroatoms. The van der Waals surface area contributed by atoms with Gasteiger partial charge in [-0.25, -0.2) is 9.18 Å². The summed E-state index contributed by atoms with van der Waals surface area (Å²) in [7, 11) is 1.54. The minimum Gasteiger partial charge on any atom is -0.497 e. The number of carbonyl (C=O) groups is 2. The van der Waals surface area contributed by atoms with Gasteiger partial charge >= 0.3 is 5.97 Å². The number of carbonyl (C=O) groups excluding carboxylic acids is 2. The molecule has 1 N–H and O–H groups in total. The van der Waals surface area contributed by atoms with Crippen LogP contribution in [-0.4, -0.2) is 25.6 Å². The highest BCUT2D eigenvalue weighted by Gasteiger charge is 2.13. The summed E-state index contributed by atoms with van der Waals surface area (Å²) in [6.45, 7) is 1.98. The Kier molecular flexibility index (Phi) is 8.14. The molecule has 0 radical (unpaired) electrons. The largest absolute Gasteiger partial charge is 0.497 e. The van der Waals surface area contributed by atoms with Crippen molar-refractivity contribution in [3.63, 3.8) is 0 Å². The Morgan fingerprint density at radius 2 is 1.85 bits per heavy atom. The van der Waals surface area contributed by atoms with Crippen LogP contribution in [0.15, 0.2) is 72.3 Å². The lowest BCUT2D eigenvalue weighted by Gasteiger charge is -2.10. The molecule has 0 unspecified atom stereocenters. The first-order valence-electron chi connectivity index (χ1n) is 10.5. The lowest BCUT2D eigenvalue weighted by molar-refractivity contribution is -0.112. The Bertz CT molecular complexity index is 1260. The zero-order valence-electron chi connectivity index (χ0n) is 18.8. The Morgan fingerprint density at radius 3 is 2.50 bits per heavy atom. The summed E-state index contributed by atoms with van der Waals surface area (Å²) in [6.07, 6.45) is 1.87. The standard InChI is InChI=1S/C27H23FN2O4/c1-3-34-27(32)19-7-10-24(11-8-19)30-26(31)22(17-29)15-20-9-12-25(33-2)16-21(20)13-18-5-4-6-23(28)14-18/h4-12,14-16H,3,13H2,1-2H3,(H,30,31)/b22-15+. The number of esters is 1. The van der Waals surface area contributed by atoms with Crippen molar-refractivity contribution in [3.05, 3.63) is 100 Å². The van der Waals surface area contributed by atoms with E-state index in [0.29, 0.717) is 29.0 Å². The highest BCUT2D eigenvalue weighted by atomic mass is 19.1. The lowest BCUT2D eigenvalue weighted by atomic mass is 9.97. The molecule has 3 rings (SSSR count). The third kappa shape index (κ3) is 6.30. The van der Waals surface area contributed by atoms with Crippen LogP contribution in [0.1, 0.15) is 34.0 Å². The van der Waals surface area contributed by atoms with E-state index in [2.05, 4.69) is 5.32 Å². The lowest BCUT2D eigenvalue weighted by Crippen LogP contribution is -2.14. The molecule has 0 spiro atoms. The SMILES string of the molecule is CCOC(=O)c1ccc(NC(=O)/C(C#N)=C/c2ccc(OC)cc2Cc2cccc(F)c2)cc1. The van der Waals surface area contributed by atoms with Crippen LogP contribution in [0, 0.1) is 17.1 Å². The predicted molar refractivity (Wildman–Crippen MR) is 127 cm³/mol. The van der Waals surface area contributed by atoms with Gasteiger partial charge in [0.25, 0.3) is 5.91 Å². The summed E-state index contributed by atoms with van der Waals surface area (Å²) in [5, 5.41) is 12.3. The number of nitriles is 1. The zero-order chi connectivity index (χ0) is 24.5. The average Bonchev–Trinajstić information content (AvgIpc) is 2.83. The number of hydrogen-bond donors (Lipinski definition) is 1. The Labute approximate surface area is 197 Å². The van der Waals surface area contributed by atoms with Crippen molar-refractivity contribution in [2.45, 2.75) is 13.3 Å². The molecule has 0 aliphatic rings. The molecule has 3 aromatic rings. The maximum absolute atomic E-state index is 13.6. The molecule has 0 aromatic heterocycles. The quantitative estimate of drug-likeness (QED) is 0.287. The number of ether oxygens (including phenoxy) is 2. The van der Waals surface area contributed by atoms with Crippen LogP contribution in [0.4, 0.5) is 10.1 Å². The fourth-order valence-corrected chi connectivity index (χ4v) is 3.28. The summed E-state index contributed by atoms with van der Waals surface area (Å²) >= 11 is 0. The molecule has 0 atom stereocenters. The normalized spacial score (nSPS) is 10.8. The zero-order valence-corrected chi connectivity index (χ0v) is 18.8. The number of nitrogens with one attached hydrogen (secondary N) is 1. The highest BCUT2D eigenvalue weighted by molar-refractivity contribution is 6.09. The molecular formula is C27H23FN2O4. The first kappa shape index (κ1) is 24.2. The second-order valence-electron chi connectivity index (χ2n) is 7.29. The van der Waals surface area contributed by atoms with Gasteiger partial charge in [-0.15, -0.1) is 0 Å². The molecule has 0 bridgehead atoms. The van der Waals surface area contributed by atoms with Gasteiger partial charge in [0.05, 0.1) is 19.3 Å². The molecule has 0 aliphatic heterocycles. The third-order valence-corrected chi connectivity index (χ3v) is 4.95. The Hall–Kier alpha value is -4.44. The number of benzene rings is 3. The maximum Gasteiger partial charge on any atom is 0.338 e. The van der Waals surface area contributed by atoms with Crippen LogP contribution < -0.4 is 10.1 Å². The fraction of sp³-hybridized carbons (Fsp3) is 0.148. The molecule has 1 amide bonds. The molecule has 0 saturated carbocycles. The van der Waals surface area contributed by atoms with Gasteiger partial charge in [0.1, 0.15) is 23.2 Å². The molecule has 6 nitrogen and oxygen atoms in total. The van der Waals surface area contributed by atoms with E-state index in [4.69, 9.17) is 9.47 Å². The molecule has 34 heavy (non-hydrogen) atoms. The van der Waals surface area contributed by atoms with Crippen LogP contribution in [0.2, 0.25) is 0 Å². The average molecular weight is 458 g/mol. The predicted octanol–water partition coefficient (Wildman–Crippen LogP) is 5.15. The molecule has 0 heterocycles. The van der Waals surface area contributed by atoms with E-state index >= 15 is 0 Å². The first-order valence-corrected chi connectivity index (χ1v) is 10.5. The number of halogens is 1. The summed E-state index contributed by atoms with van der Waals surface area (Å²) in [4.78, 5) is 24.5. The number of rotatable bonds is 8. The van der Waals surface area contributed by atoms with Gasteiger partial charge in [-0.05, 0) is 84.6 Å². The van der Waals surface area contributed by atoms with E-state index in [9.17, 15) is 19.2 Å². The summed E-state index contributed by atoms with van der Waals surface area (Å²) < 4.78 is 23.9. The van der Waals surface area contributed by atoms with Crippen molar-refractivity contribution in [3.8, 4) is 11.8 Å². The molecular weight excluding hydrogens is 435 g/mol. The van der Waals surface area contributed by atoms with E-state index in [-0.39, 0.29) is 18.0 Å². The molecule has 3 aromatic carbocycles. The molecule has 0 fully saturated rings. The van der Waals surface area contributed by atoms with Crippen LogP contribution in [0.5, 0.6) is 5.75 Å². The van der Waals surface area contributed by atoms with Crippen LogP contribution in [0.3, 0.4) is 0 Å². The van der Waals surface area contributed by atoms with Crippen molar-refractivity contribution in [2.24, 2.45) is 0 Å². The van der Waals surface area contributed by atoms with E-state index in [1.165, 1.54) is 37.5 Å². The van der Waals surface area contributed by atoms with E-state index in [1.807, 2.05) is 6.07 Å². The van der Waals surface area contributed by atoms with Crippen molar-refractivity contribution in [1.82, 2.24) is 0 Å². The van der Waals surface area contributed by atoms with Crippen LogP contribution >= 0.6 is 0 Å². The Morgan fingerprint density at radius 1 is 1.09 bits per heavy atom. The smallest absolute Gasteiger partial charge is 0.338 e. The number of anilines is 1. The second kappa shape index (κ2) is 11.4. The van der Waals surface area contributed by atoms with Gasteiger partial charge in [-0.1, -0.05) is 18.2 Å². The fourth-order valence-electron chi connectivity index (χ4n) is 3.28. The second-order valence-corrected chi connectivity index (χ2v) is 7.29. The van der Waals surface area contributed by atoms with Crippen molar-refractivity contribution in [2.75, 3.05) is 19.0 Å². The number of amides is 1. The topological polar surface area (TPSA) is 88.4 Å². The van der Waals surface area contributed by atoms with Gasteiger partial charge in [0, 0.05) is 5.69 Å². The van der Waals surface area contributed by atoms with Gasteiger partial charge in [0.15, 0.2) is 0 Å². The van der Waals surface area contributed by atoms with Gasteiger partial charge in [0.2, 0.25) is 0 Å². The number of methoxy groups -OCH3 is 1. The Balaban J connectivity index is 1.84. The number of nitrogens with zero attached hydrogens (tertiary/aromatic N) is 1. The first-order chi connectivity index (χ1) is 16.4. The van der Waals surface area contributed by atoms with Crippen molar-refractivity contribution < 1.29 is 23.5 Å². The van der Waals surface area contributed by atoms with Crippen molar-refractivity contribution in [1.29, 1.82) is 5.26 Å².